The number of carbonyl (C=O) groups is 2. The molecule has 1 aliphatic heterocycles. The lowest BCUT2D eigenvalue weighted by atomic mass is 10.0. The van der Waals surface area contributed by atoms with Gasteiger partial charge in [-0.2, -0.15) is 0 Å². The van der Waals surface area contributed by atoms with Gasteiger partial charge < -0.3 is 30.0 Å². The molecular weight excluding hydrogens is 514 g/mol. The average Bonchev–Trinajstić information content (AvgIpc) is 3.25. The number of likely N-dealkylation sites (tertiary alicyclic amines) is 1. The minimum Gasteiger partial charge on any atom is -0.493 e. The topological polar surface area (TPSA) is 161 Å². The molecule has 1 aliphatic rings. The van der Waals surface area contributed by atoms with E-state index in [0.717, 1.165) is 11.1 Å². The summed E-state index contributed by atoms with van der Waals surface area (Å²) < 4.78 is 16.6. The summed E-state index contributed by atoms with van der Waals surface area (Å²) in [7, 11) is 3.17. The largest absolute Gasteiger partial charge is 0.493 e. The number of methoxy groups -OCH3 is 2. The van der Waals surface area contributed by atoms with Gasteiger partial charge in [-0.05, 0) is 43.0 Å². The molecule has 4 N–H and O–H groups in total. The Kier molecular flexibility index (Phi) is 9.15. The Morgan fingerprint density at radius 3 is 2.45 bits per heavy atom. The fraction of sp³-hybridized carbons (Fsp3) is 0.345. The zero-order valence-corrected chi connectivity index (χ0v) is 22.5. The summed E-state index contributed by atoms with van der Waals surface area (Å²) in [6, 6.07) is 16.0. The number of nitrogens with two attached hydrogens (primary N) is 1. The molecule has 1 amide bonds. The number of aromatic nitrogens is 2. The zero-order valence-electron chi connectivity index (χ0n) is 22.5. The van der Waals surface area contributed by atoms with Crippen molar-refractivity contribution in [1.82, 2.24) is 15.1 Å². The van der Waals surface area contributed by atoms with Gasteiger partial charge in [0.15, 0.2) is 11.5 Å². The Morgan fingerprint density at radius 2 is 1.82 bits per heavy atom. The molecule has 2 heterocycles. The average molecular weight is 548 g/mol. The SMILES string of the molecule is COc1ccc(CCCN2C(=O)[C@H](CC(=O)O)C[C@H]2COc2ccc(-c3ccc(C(=N)N)cc3)nn2)cc1OC. The molecule has 0 spiro atoms. The smallest absolute Gasteiger partial charge is 0.304 e. The quantitative estimate of drug-likeness (QED) is 0.216. The van der Waals surface area contributed by atoms with E-state index in [9.17, 15) is 14.7 Å². The van der Waals surface area contributed by atoms with E-state index in [-0.39, 0.29) is 30.8 Å². The van der Waals surface area contributed by atoms with E-state index in [0.29, 0.717) is 54.4 Å². The normalized spacial score (nSPS) is 16.6. The third kappa shape index (κ3) is 6.85. The number of benzene rings is 2. The van der Waals surface area contributed by atoms with Crippen LogP contribution in [0.5, 0.6) is 17.4 Å². The lowest BCUT2D eigenvalue weighted by molar-refractivity contribution is -0.142. The van der Waals surface area contributed by atoms with Crippen molar-refractivity contribution in [2.75, 3.05) is 27.4 Å². The second-order valence-corrected chi connectivity index (χ2v) is 9.57. The van der Waals surface area contributed by atoms with E-state index in [1.165, 1.54) is 0 Å². The van der Waals surface area contributed by atoms with Gasteiger partial charge in [-0.1, -0.05) is 30.3 Å². The molecule has 11 heteroatoms. The maximum absolute atomic E-state index is 13.1. The van der Waals surface area contributed by atoms with Crippen LogP contribution in [0.4, 0.5) is 0 Å². The van der Waals surface area contributed by atoms with Crippen molar-refractivity contribution in [3.05, 3.63) is 65.7 Å². The molecule has 11 nitrogen and oxygen atoms in total. The number of nitrogen functional groups attached to an aromatic ring is 1. The molecule has 1 fully saturated rings. The predicted molar refractivity (Wildman–Crippen MR) is 148 cm³/mol. The van der Waals surface area contributed by atoms with Gasteiger partial charge in [0.2, 0.25) is 11.8 Å². The highest BCUT2D eigenvalue weighted by molar-refractivity contribution is 5.95. The van der Waals surface area contributed by atoms with Crippen molar-refractivity contribution in [1.29, 1.82) is 5.41 Å². The van der Waals surface area contributed by atoms with E-state index in [1.807, 2.05) is 30.3 Å². The van der Waals surface area contributed by atoms with Gasteiger partial charge >= 0.3 is 5.97 Å². The van der Waals surface area contributed by atoms with Crippen LogP contribution in [0.25, 0.3) is 11.3 Å². The molecule has 2 atom stereocenters. The number of nitrogens with one attached hydrogen (secondary N) is 1. The fourth-order valence-electron chi connectivity index (χ4n) is 4.85. The van der Waals surface area contributed by atoms with Crippen molar-refractivity contribution in [2.45, 2.75) is 31.7 Å². The number of aryl methyl sites for hydroxylation is 1. The van der Waals surface area contributed by atoms with Crippen LogP contribution in [0.1, 0.15) is 30.4 Å². The minimum atomic E-state index is -0.997. The number of hydrogen-bond acceptors (Lipinski definition) is 8. The Hall–Kier alpha value is -4.67. The first-order valence-electron chi connectivity index (χ1n) is 12.9. The number of amides is 1. The lowest BCUT2D eigenvalue weighted by Crippen LogP contribution is -2.38. The van der Waals surface area contributed by atoms with Gasteiger partial charge in [0.1, 0.15) is 12.4 Å². The summed E-state index contributed by atoms with van der Waals surface area (Å²) >= 11 is 0. The second kappa shape index (κ2) is 12.9. The van der Waals surface area contributed by atoms with Crippen LogP contribution >= 0.6 is 0 Å². The van der Waals surface area contributed by atoms with Gasteiger partial charge in [-0.25, -0.2) is 0 Å². The highest BCUT2D eigenvalue weighted by atomic mass is 16.5. The van der Waals surface area contributed by atoms with Crippen molar-refractivity contribution in [3.8, 4) is 28.6 Å². The minimum absolute atomic E-state index is 0.00706. The second-order valence-electron chi connectivity index (χ2n) is 9.57. The Labute approximate surface area is 232 Å². The maximum atomic E-state index is 13.1. The summed E-state index contributed by atoms with van der Waals surface area (Å²) in [6.07, 6.45) is 1.59. The van der Waals surface area contributed by atoms with Crippen LogP contribution in [0, 0.1) is 11.3 Å². The van der Waals surface area contributed by atoms with E-state index in [1.54, 1.807) is 43.4 Å². The predicted octanol–water partition coefficient (Wildman–Crippen LogP) is 3.15. The maximum Gasteiger partial charge on any atom is 0.304 e. The molecule has 210 valence electrons. The first-order valence-corrected chi connectivity index (χ1v) is 12.9. The van der Waals surface area contributed by atoms with E-state index in [4.69, 9.17) is 25.4 Å². The van der Waals surface area contributed by atoms with E-state index >= 15 is 0 Å². The van der Waals surface area contributed by atoms with Crippen molar-refractivity contribution in [3.63, 3.8) is 0 Å². The lowest BCUT2D eigenvalue weighted by Gasteiger charge is -2.24. The van der Waals surface area contributed by atoms with Gasteiger partial charge in [0.25, 0.3) is 0 Å². The van der Waals surface area contributed by atoms with Crippen LogP contribution in [0.15, 0.2) is 54.6 Å². The van der Waals surface area contributed by atoms with Gasteiger partial charge in [0.05, 0.1) is 38.3 Å². The number of nitrogens with zero attached hydrogens (tertiary/aromatic N) is 3. The molecule has 0 unspecified atom stereocenters. The molecule has 3 aromatic rings. The molecular formula is C29H33N5O6. The highest BCUT2D eigenvalue weighted by Crippen LogP contribution is 2.30. The first-order chi connectivity index (χ1) is 19.3. The fourth-order valence-corrected chi connectivity index (χ4v) is 4.85. The van der Waals surface area contributed by atoms with Crippen LogP contribution in [0.2, 0.25) is 0 Å². The number of aliphatic carboxylic acids is 1. The van der Waals surface area contributed by atoms with Crippen molar-refractivity contribution < 1.29 is 28.9 Å². The summed E-state index contributed by atoms with van der Waals surface area (Å²) in [5, 5.41) is 25.2. The summed E-state index contributed by atoms with van der Waals surface area (Å²) in [6.45, 7) is 0.651. The number of rotatable bonds is 13. The molecule has 1 saturated heterocycles. The number of carboxylic acids is 1. The molecule has 0 radical (unpaired) electrons. The van der Waals surface area contributed by atoms with Crippen molar-refractivity contribution in [2.24, 2.45) is 11.7 Å². The molecule has 0 bridgehead atoms. The number of amidine groups is 1. The molecule has 0 aliphatic carbocycles. The first kappa shape index (κ1) is 28.3. The number of hydrogen-bond donors (Lipinski definition) is 3. The molecule has 0 saturated carbocycles. The summed E-state index contributed by atoms with van der Waals surface area (Å²) in [5.74, 6) is -0.154. The van der Waals surface area contributed by atoms with Crippen molar-refractivity contribution >= 4 is 17.7 Å². The van der Waals surface area contributed by atoms with Gasteiger partial charge in [-0.3, -0.25) is 15.0 Å². The highest BCUT2D eigenvalue weighted by Gasteiger charge is 2.40. The standard InChI is InChI=1S/C29H33N5O6/c1-38-24-11-5-18(14-25(24)39-2)4-3-13-34-22(15-21(29(34)37)16-27(35)36)17-40-26-12-10-23(32-33-26)19-6-8-20(9-7-19)28(30)31/h5-12,14,21-22H,3-4,13,15-17H2,1-2H3,(H3,30,31)(H,35,36)/t21-,22-/m0/s1. The Bertz CT molecular complexity index is 1350. The Morgan fingerprint density at radius 1 is 1.07 bits per heavy atom. The van der Waals surface area contributed by atoms with E-state index < -0.39 is 11.9 Å². The van der Waals surface area contributed by atoms with Crippen LogP contribution in [-0.2, 0) is 16.0 Å². The third-order valence-corrected chi connectivity index (χ3v) is 6.92. The molecule has 4 rings (SSSR count). The van der Waals surface area contributed by atoms with Crippen LogP contribution < -0.4 is 19.9 Å². The molecule has 1 aromatic heterocycles. The monoisotopic (exact) mass is 547 g/mol. The third-order valence-electron chi connectivity index (χ3n) is 6.92. The zero-order chi connectivity index (χ0) is 28.6. The van der Waals surface area contributed by atoms with Crippen LogP contribution in [-0.4, -0.2) is 71.3 Å². The Balaban J connectivity index is 1.38. The van der Waals surface area contributed by atoms with Gasteiger partial charge in [-0.15, -0.1) is 10.2 Å². The summed E-state index contributed by atoms with van der Waals surface area (Å²) in [4.78, 5) is 26.2. The number of ether oxygens (including phenoxy) is 3. The van der Waals surface area contributed by atoms with Gasteiger partial charge in [0, 0.05) is 23.7 Å². The van der Waals surface area contributed by atoms with E-state index in [2.05, 4.69) is 10.2 Å². The molecule has 2 aromatic carbocycles. The van der Waals surface area contributed by atoms with Crippen LogP contribution in [0.3, 0.4) is 0 Å². The summed E-state index contributed by atoms with van der Waals surface area (Å²) in [5.41, 5.74) is 8.64. The number of carboxylic acid groups (broad SMARTS) is 1. The number of carbonyl (C=O) groups excluding carboxylic acids is 1. The molecule has 40 heavy (non-hydrogen) atoms.